The van der Waals surface area contributed by atoms with Crippen LogP contribution in [0.3, 0.4) is 0 Å². The Bertz CT molecular complexity index is 1260. The molecule has 172 valence electrons. The molecule has 2 aromatic rings. The van der Waals surface area contributed by atoms with E-state index in [0.717, 1.165) is 4.90 Å². The summed E-state index contributed by atoms with van der Waals surface area (Å²) in [6.45, 7) is 18.4. The second kappa shape index (κ2) is 10.9. The third-order valence-electron chi connectivity index (χ3n) is 4.83. The Morgan fingerprint density at radius 3 is 2.18 bits per heavy atom. The van der Waals surface area contributed by atoms with Gasteiger partial charge in [0.15, 0.2) is 0 Å². The Morgan fingerprint density at radius 1 is 1.12 bits per heavy atom. The van der Waals surface area contributed by atoms with Gasteiger partial charge in [-0.15, -0.1) is 0 Å². The van der Waals surface area contributed by atoms with E-state index < -0.39 is 23.4 Å². The van der Waals surface area contributed by atoms with Crippen LogP contribution >= 0.6 is 15.9 Å². The topological polar surface area (TPSA) is 85.4 Å². The molecule has 7 nitrogen and oxygen atoms in total. The van der Waals surface area contributed by atoms with E-state index in [1.807, 2.05) is 13.8 Å². The van der Waals surface area contributed by atoms with E-state index >= 15 is 0 Å². The van der Waals surface area contributed by atoms with Gasteiger partial charge in [0.05, 0.1) is 27.4 Å². The summed E-state index contributed by atoms with van der Waals surface area (Å²) in [7, 11) is 0. The molecule has 3 heterocycles. The predicted octanol–water partition coefficient (Wildman–Crippen LogP) is 5.48. The fourth-order valence-corrected chi connectivity index (χ4v) is 3.88. The fraction of sp³-hybridized carbons (Fsp3) is 0.200. The summed E-state index contributed by atoms with van der Waals surface area (Å²) in [5, 5.41) is 0.242. The molecule has 1 aliphatic heterocycles. The van der Waals surface area contributed by atoms with Gasteiger partial charge in [0.1, 0.15) is 17.5 Å². The molecule has 0 spiro atoms. The number of halogens is 1. The highest BCUT2D eigenvalue weighted by Gasteiger charge is 2.40. The zero-order chi connectivity index (χ0) is 24.9. The van der Waals surface area contributed by atoms with Gasteiger partial charge in [-0.2, -0.15) is 4.98 Å². The SMILES string of the molecule is C=C/C=C(\C=C/C)n1c(C(C)N2C(=O)C(C=C)=C(C=C)C2=O)nc2occ(Br)c2c1=O.CC. The third kappa shape index (κ3) is 4.39. The molecule has 0 aliphatic carbocycles. The van der Waals surface area contributed by atoms with Gasteiger partial charge >= 0.3 is 0 Å². The van der Waals surface area contributed by atoms with Crippen LogP contribution in [0.1, 0.15) is 39.6 Å². The van der Waals surface area contributed by atoms with Crippen LogP contribution in [0.2, 0.25) is 0 Å². The number of nitrogens with zero attached hydrogens (tertiary/aromatic N) is 3. The molecule has 1 atom stereocenters. The van der Waals surface area contributed by atoms with Crippen molar-refractivity contribution in [3.63, 3.8) is 0 Å². The Morgan fingerprint density at radius 2 is 1.70 bits per heavy atom. The van der Waals surface area contributed by atoms with Crippen LogP contribution in [0.5, 0.6) is 0 Å². The van der Waals surface area contributed by atoms with Crippen molar-refractivity contribution in [2.45, 2.75) is 33.7 Å². The first-order valence-electron chi connectivity index (χ1n) is 10.3. The minimum absolute atomic E-state index is 0.0911. The van der Waals surface area contributed by atoms with Gasteiger partial charge in [-0.3, -0.25) is 23.9 Å². The molecular formula is C25H26BrN3O4. The first-order chi connectivity index (χ1) is 15.8. The average molecular weight is 512 g/mol. The molecule has 0 saturated carbocycles. The first kappa shape index (κ1) is 25.7. The van der Waals surface area contributed by atoms with Gasteiger partial charge in [-0.1, -0.05) is 57.9 Å². The van der Waals surface area contributed by atoms with E-state index in [-0.39, 0.29) is 28.1 Å². The highest BCUT2D eigenvalue weighted by atomic mass is 79.9. The largest absolute Gasteiger partial charge is 0.445 e. The van der Waals surface area contributed by atoms with Crippen LogP contribution in [0.4, 0.5) is 0 Å². The summed E-state index contributed by atoms with van der Waals surface area (Å²) in [6, 6.07) is -0.896. The summed E-state index contributed by atoms with van der Waals surface area (Å²) >= 11 is 3.31. The lowest BCUT2D eigenvalue weighted by Gasteiger charge is -2.25. The molecule has 0 radical (unpaired) electrons. The molecule has 2 aromatic heterocycles. The minimum atomic E-state index is -0.896. The molecule has 3 rings (SSSR count). The molecule has 0 N–H and O–H groups in total. The molecule has 1 unspecified atom stereocenters. The maximum Gasteiger partial charge on any atom is 0.270 e. The van der Waals surface area contributed by atoms with Crippen LogP contribution in [-0.4, -0.2) is 26.3 Å². The molecule has 1 aliphatic rings. The fourth-order valence-electron chi connectivity index (χ4n) is 3.44. The number of carbonyl (C=O) groups excluding carboxylic acids is 2. The van der Waals surface area contributed by atoms with Crippen LogP contribution in [0.25, 0.3) is 16.8 Å². The summed E-state index contributed by atoms with van der Waals surface area (Å²) in [4.78, 5) is 44.9. The van der Waals surface area contributed by atoms with Crippen LogP contribution in [0.15, 0.2) is 87.3 Å². The Hall–Kier alpha value is -3.52. The van der Waals surface area contributed by atoms with Crippen molar-refractivity contribution in [2.24, 2.45) is 0 Å². The van der Waals surface area contributed by atoms with E-state index in [4.69, 9.17) is 4.42 Å². The number of amides is 2. The lowest BCUT2D eigenvalue weighted by atomic mass is 10.1. The zero-order valence-electron chi connectivity index (χ0n) is 19.1. The summed E-state index contributed by atoms with van der Waals surface area (Å²) in [5.41, 5.74) is 0.439. The van der Waals surface area contributed by atoms with Crippen LogP contribution in [0, 0.1) is 0 Å². The Labute approximate surface area is 200 Å². The van der Waals surface area contributed by atoms with Crippen LogP contribution in [-0.2, 0) is 9.59 Å². The van der Waals surface area contributed by atoms with Gasteiger partial charge in [-0.05, 0) is 41.9 Å². The maximum absolute atomic E-state index is 13.4. The lowest BCUT2D eigenvalue weighted by Crippen LogP contribution is -2.38. The molecule has 0 fully saturated rings. The van der Waals surface area contributed by atoms with E-state index in [1.165, 1.54) is 29.1 Å². The number of fused-ring (bicyclic) bond motifs is 1. The molecule has 0 aromatic carbocycles. The quantitative estimate of drug-likeness (QED) is 0.362. The Balaban J connectivity index is 0.00000187. The number of imide groups is 1. The molecular weight excluding hydrogens is 486 g/mol. The van der Waals surface area contributed by atoms with Gasteiger partial charge in [0.2, 0.25) is 5.71 Å². The van der Waals surface area contributed by atoms with E-state index in [2.05, 4.69) is 40.7 Å². The second-order valence-electron chi connectivity index (χ2n) is 6.59. The van der Waals surface area contributed by atoms with Crippen molar-refractivity contribution < 1.29 is 14.0 Å². The first-order valence-corrected chi connectivity index (χ1v) is 11.1. The van der Waals surface area contributed by atoms with Gasteiger partial charge in [0.25, 0.3) is 17.4 Å². The van der Waals surface area contributed by atoms with E-state index in [1.54, 1.807) is 32.1 Å². The smallest absolute Gasteiger partial charge is 0.270 e. The van der Waals surface area contributed by atoms with E-state index in [0.29, 0.717) is 10.2 Å². The normalized spacial score (nSPS) is 15.2. The van der Waals surface area contributed by atoms with Crippen molar-refractivity contribution in [1.29, 1.82) is 0 Å². The van der Waals surface area contributed by atoms with Crippen LogP contribution < -0.4 is 5.56 Å². The van der Waals surface area contributed by atoms with Crippen molar-refractivity contribution in [3.05, 3.63) is 94.3 Å². The minimum Gasteiger partial charge on any atom is -0.445 e. The average Bonchev–Trinajstić information content (AvgIpc) is 3.30. The molecule has 0 saturated heterocycles. The molecule has 0 bridgehead atoms. The standard InChI is InChI=1S/C23H20BrN3O4.C2H6/c1-6-10-14(11-7-2)27-19(25-20-18(23(27)30)17(24)12-31-20)13(5)26-21(28)15(8-3)16(9-4)22(26)29;1-2/h6-13H,1,3-4H2,2,5H3;1-2H3/b11-7-,14-10+;. The van der Waals surface area contributed by atoms with Gasteiger partial charge in [-0.25, -0.2) is 0 Å². The molecule has 8 heteroatoms. The van der Waals surface area contributed by atoms with Crippen molar-refractivity contribution in [3.8, 4) is 0 Å². The summed E-state index contributed by atoms with van der Waals surface area (Å²) in [5.74, 6) is -0.922. The van der Waals surface area contributed by atoms with Crippen molar-refractivity contribution in [1.82, 2.24) is 14.5 Å². The number of allylic oxidation sites excluding steroid dienone is 5. The van der Waals surface area contributed by atoms with Crippen molar-refractivity contribution >= 4 is 44.5 Å². The second-order valence-corrected chi connectivity index (χ2v) is 7.45. The predicted molar refractivity (Wildman–Crippen MR) is 134 cm³/mol. The Kier molecular flexibility index (Phi) is 8.48. The highest BCUT2D eigenvalue weighted by Crippen LogP contribution is 2.32. The number of hydrogen-bond donors (Lipinski definition) is 0. The number of furan rings is 1. The summed E-state index contributed by atoms with van der Waals surface area (Å²) in [6.07, 6.45) is 10.6. The maximum atomic E-state index is 13.4. The number of rotatable bonds is 7. The third-order valence-corrected chi connectivity index (χ3v) is 5.41. The van der Waals surface area contributed by atoms with E-state index in [9.17, 15) is 14.4 Å². The lowest BCUT2D eigenvalue weighted by molar-refractivity contribution is -0.140. The monoisotopic (exact) mass is 511 g/mol. The van der Waals surface area contributed by atoms with Gasteiger partial charge in [0, 0.05) is 0 Å². The van der Waals surface area contributed by atoms with Crippen molar-refractivity contribution in [2.75, 3.05) is 0 Å². The number of aromatic nitrogens is 2. The highest BCUT2D eigenvalue weighted by molar-refractivity contribution is 9.10. The zero-order valence-corrected chi connectivity index (χ0v) is 20.7. The number of carbonyl (C=O) groups is 2. The summed E-state index contributed by atoms with van der Waals surface area (Å²) < 4.78 is 7.21. The molecule has 2 amide bonds. The number of hydrogen-bond acceptors (Lipinski definition) is 5. The molecule has 33 heavy (non-hydrogen) atoms. The van der Waals surface area contributed by atoms with Gasteiger partial charge < -0.3 is 4.42 Å².